The largest absolute Gasteiger partial charge is 0.322 e. The number of imidazole rings is 1. The Bertz CT molecular complexity index is 595. The summed E-state index contributed by atoms with van der Waals surface area (Å²) < 4.78 is 5.28. The predicted molar refractivity (Wildman–Crippen MR) is 67.2 cm³/mol. The molecule has 0 aliphatic rings. The summed E-state index contributed by atoms with van der Waals surface area (Å²) in [4.78, 5) is 4.29. The minimum absolute atomic E-state index is 0.982. The molecule has 0 fully saturated rings. The molecule has 0 N–H and O–H groups in total. The Balaban J connectivity index is 2.25. The fraction of sp³-hybridized carbons (Fsp3) is 0. The quantitative estimate of drug-likeness (QED) is 0.634. The van der Waals surface area contributed by atoms with Gasteiger partial charge in [0.15, 0.2) is 0 Å². The van der Waals surface area contributed by atoms with Gasteiger partial charge in [0.2, 0.25) is 0 Å². The van der Waals surface area contributed by atoms with E-state index in [-0.39, 0.29) is 0 Å². The van der Waals surface area contributed by atoms with E-state index in [2.05, 4.69) is 48.8 Å². The first kappa shape index (κ1) is 8.96. The van der Waals surface area contributed by atoms with Crippen LogP contribution in [0.3, 0.4) is 0 Å². The van der Waals surface area contributed by atoms with Gasteiger partial charge in [-0.2, -0.15) is 0 Å². The number of nitrogens with zero attached hydrogens (tertiary/aromatic N) is 3. The number of hydrogen-bond acceptors (Lipinski definition) is 1. The summed E-state index contributed by atoms with van der Waals surface area (Å²) in [5, 5.41) is 0. The molecule has 0 unspecified atom stereocenters. The molecule has 0 aliphatic carbocycles. The van der Waals surface area contributed by atoms with Crippen molar-refractivity contribution in [3.8, 4) is 5.69 Å². The Morgan fingerprint density at radius 1 is 1.13 bits per heavy atom. The van der Waals surface area contributed by atoms with E-state index in [1.807, 2.05) is 36.8 Å². The Labute approximate surface area is 101 Å². The molecule has 3 aromatic rings. The van der Waals surface area contributed by atoms with E-state index in [1.165, 1.54) is 0 Å². The Hall–Kier alpha value is -1.30. The molecule has 0 spiro atoms. The molecule has 0 saturated carbocycles. The van der Waals surface area contributed by atoms with Gasteiger partial charge in [0.1, 0.15) is 9.35 Å². The molecule has 0 aliphatic heterocycles. The zero-order valence-corrected chi connectivity index (χ0v) is 10.00. The Kier molecular flexibility index (Phi) is 2.02. The van der Waals surface area contributed by atoms with E-state index >= 15 is 0 Å². The van der Waals surface area contributed by atoms with Crippen molar-refractivity contribution in [1.29, 1.82) is 0 Å². The summed E-state index contributed by atoms with van der Waals surface area (Å²) in [7, 11) is 0. The lowest BCUT2D eigenvalue weighted by atomic mass is 10.4. The zero-order chi connectivity index (χ0) is 10.3. The second-order valence-electron chi connectivity index (χ2n) is 3.29. The summed E-state index contributed by atoms with van der Waals surface area (Å²) in [5.74, 6) is 0. The average molecular weight is 309 g/mol. The SMILES string of the molecule is Ic1cnc2ccc(-n3cccc3)cn12. The molecule has 3 nitrogen and oxygen atoms in total. The van der Waals surface area contributed by atoms with E-state index in [9.17, 15) is 0 Å². The van der Waals surface area contributed by atoms with E-state index in [4.69, 9.17) is 0 Å². The van der Waals surface area contributed by atoms with Crippen LogP contribution in [0.5, 0.6) is 0 Å². The number of hydrogen-bond donors (Lipinski definition) is 0. The third-order valence-electron chi connectivity index (χ3n) is 2.35. The van der Waals surface area contributed by atoms with Crippen LogP contribution >= 0.6 is 22.6 Å². The van der Waals surface area contributed by atoms with Crippen LogP contribution in [-0.4, -0.2) is 14.0 Å². The van der Waals surface area contributed by atoms with Crippen LogP contribution in [0.25, 0.3) is 11.3 Å². The van der Waals surface area contributed by atoms with Crippen molar-refractivity contribution < 1.29 is 0 Å². The number of halogens is 1. The molecule has 74 valence electrons. The number of pyridine rings is 1. The fourth-order valence-electron chi connectivity index (χ4n) is 1.60. The van der Waals surface area contributed by atoms with E-state index < -0.39 is 0 Å². The highest BCUT2D eigenvalue weighted by Crippen LogP contribution is 2.13. The smallest absolute Gasteiger partial charge is 0.137 e. The standard InChI is InChI=1S/C11H8IN3/c12-10-7-13-11-4-3-9(8-15(10)11)14-5-1-2-6-14/h1-8H. The summed E-state index contributed by atoms with van der Waals surface area (Å²) >= 11 is 2.28. The normalized spacial score (nSPS) is 11.0. The van der Waals surface area contributed by atoms with Gasteiger partial charge in [-0.15, -0.1) is 0 Å². The summed E-state index contributed by atoms with van der Waals surface area (Å²) in [6.07, 6.45) is 8.02. The maximum Gasteiger partial charge on any atom is 0.137 e. The van der Waals surface area contributed by atoms with Crippen LogP contribution < -0.4 is 0 Å². The highest BCUT2D eigenvalue weighted by Gasteiger charge is 2.01. The van der Waals surface area contributed by atoms with Gasteiger partial charge >= 0.3 is 0 Å². The molecule has 0 saturated heterocycles. The second kappa shape index (κ2) is 3.37. The minimum Gasteiger partial charge on any atom is -0.322 e. The van der Waals surface area contributed by atoms with Crippen LogP contribution in [0, 0.1) is 3.70 Å². The lowest BCUT2D eigenvalue weighted by Gasteiger charge is -2.03. The molecule has 3 rings (SSSR count). The number of fused-ring (bicyclic) bond motifs is 1. The maximum atomic E-state index is 4.29. The monoisotopic (exact) mass is 309 g/mol. The van der Waals surface area contributed by atoms with E-state index in [0.717, 1.165) is 15.0 Å². The maximum absolute atomic E-state index is 4.29. The van der Waals surface area contributed by atoms with Gasteiger partial charge in [0.25, 0.3) is 0 Å². The van der Waals surface area contributed by atoms with Crippen molar-refractivity contribution in [3.63, 3.8) is 0 Å². The molecule has 4 heteroatoms. The average Bonchev–Trinajstić information content (AvgIpc) is 2.88. The number of rotatable bonds is 1. The molecular weight excluding hydrogens is 301 g/mol. The van der Waals surface area contributed by atoms with Crippen LogP contribution in [-0.2, 0) is 0 Å². The van der Waals surface area contributed by atoms with Gasteiger partial charge in [0, 0.05) is 18.6 Å². The van der Waals surface area contributed by atoms with Crippen molar-refractivity contribution >= 4 is 28.2 Å². The Morgan fingerprint density at radius 2 is 1.93 bits per heavy atom. The first-order valence-corrected chi connectivity index (χ1v) is 5.68. The van der Waals surface area contributed by atoms with Crippen molar-refractivity contribution in [2.75, 3.05) is 0 Å². The first-order chi connectivity index (χ1) is 7.34. The van der Waals surface area contributed by atoms with Crippen molar-refractivity contribution in [2.24, 2.45) is 0 Å². The molecule has 3 heterocycles. The van der Waals surface area contributed by atoms with Crippen molar-refractivity contribution in [1.82, 2.24) is 14.0 Å². The topological polar surface area (TPSA) is 22.2 Å². The molecule has 0 bridgehead atoms. The third-order valence-corrected chi connectivity index (χ3v) is 3.15. The molecule has 3 aromatic heterocycles. The molecule has 15 heavy (non-hydrogen) atoms. The number of aromatic nitrogens is 3. The van der Waals surface area contributed by atoms with E-state index in [1.54, 1.807) is 0 Å². The van der Waals surface area contributed by atoms with Gasteiger partial charge in [-0.3, -0.25) is 4.40 Å². The summed E-state index contributed by atoms with van der Waals surface area (Å²) in [6.45, 7) is 0. The third kappa shape index (κ3) is 1.45. The molecule has 0 atom stereocenters. The highest BCUT2D eigenvalue weighted by molar-refractivity contribution is 14.1. The lowest BCUT2D eigenvalue weighted by Crippen LogP contribution is -1.94. The fourth-order valence-corrected chi connectivity index (χ4v) is 2.12. The molecular formula is C11H8IN3. The second-order valence-corrected chi connectivity index (χ2v) is 4.39. The van der Waals surface area contributed by atoms with Gasteiger partial charge < -0.3 is 4.57 Å². The lowest BCUT2D eigenvalue weighted by molar-refractivity contribution is 1.03. The van der Waals surface area contributed by atoms with Gasteiger partial charge in [-0.1, -0.05) is 0 Å². The van der Waals surface area contributed by atoms with E-state index in [0.29, 0.717) is 0 Å². The highest BCUT2D eigenvalue weighted by atomic mass is 127. The molecule has 0 amide bonds. The van der Waals surface area contributed by atoms with Crippen molar-refractivity contribution in [2.45, 2.75) is 0 Å². The van der Waals surface area contributed by atoms with Crippen LogP contribution in [0.2, 0.25) is 0 Å². The van der Waals surface area contributed by atoms with Crippen LogP contribution in [0.4, 0.5) is 0 Å². The van der Waals surface area contributed by atoms with Crippen LogP contribution in [0.1, 0.15) is 0 Å². The zero-order valence-electron chi connectivity index (χ0n) is 7.84. The Morgan fingerprint density at radius 3 is 2.73 bits per heavy atom. The minimum atomic E-state index is 0.982. The molecule has 0 aromatic carbocycles. The van der Waals surface area contributed by atoms with Gasteiger partial charge in [-0.25, -0.2) is 4.98 Å². The molecule has 0 radical (unpaired) electrons. The van der Waals surface area contributed by atoms with Crippen molar-refractivity contribution in [3.05, 3.63) is 52.8 Å². The summed E-state index contributed by atoms with van der Waals surface area (Å²) in [6, 6.07) is 8.13. The van der Waals surface area contributed by atoms with Gasteiger partial charge in [-0.05, 0) is 46.9 Å². The summed E-state index contributed by atoms with van der Waals surface area (Å²) in [5.41, 5.74) is 2.12. The predicted octanol–water partition coefficient (Wildman–Crippen LogP) is 2.73. The van der Waals surface area contributed by atoms with Gasteiger partial charge in [0.05, 0.1) is 11.9 Å². The first-order valence-electron chi connectivity index (χ1n) is 4.60. The van der Waals surface area contributed by atoms with Crippen LogP contribution in [0.15, 0.2) is 49.1 Å².